The first kappa shape index (κ1) is 17.2. The van der Waals surface area contributed by atoms with Crippen LogP contribution in [0.3, 0.4) is 0 Å². The van der Waals surface area contributed by atoms with Gasteiger partial charge in [-0.2, -0.15) is 8.78 Å². The molecule has 5 nitrogen and oxygen atoms in total. The lowest BCUT2D eigenvalue weighted by molar-refractivity contribution is -0.0493. The van der Waals surface area contributed by atoms with Crippen molar-refractivity contribution in [2.75, 3.05) is 11.9 Å². The lowest BCUT2D eigenvalue weighted by Crippen LogP contribution is -2.41. The largest absolute Gasteiger partial charge is 0.433 e. The third-order valence-corrected chi connectivity index (χ3v) is 2.91. The van der Waals surface area contributed by atoms with Gasteiger partial charge in [0.05, 0.1) is 5.69 Å². The number of aliphatic hydroxyl groups excluding tert-OH is 1. The predicted molar refractivity (Wildman–Crippen MR) is 75.6 cm³/mol. The average Bonchev–Trinajstić information content (AvgIpc) is 2.39. The molecule has 0 aliphatic heterocycles. The van der Waals surface area contributed by atoms with E-state index < -0.39 is 12.6 Å². The number of carbonyl (C=O) groups excluding carboxylic acids is 1. The Labute approximate surface area is 122 Å². The van der Waals surface area contributed by atoms with Gasteiger partial charge in [-0.1, -0.05) is 26.0 Å². The molecule has 1 aromatic rings. The molecule has 1 unspecified atom stereocenters. The van der Waals surface area contributed by atoms with Crippen molar-refractivity contribution in [2.45, 2.75) is 32.9 Å². The second kappa shape index (κ2) is 8.41. The first-order valence-corrected chi connectivity index (χ1v) is 6.66. The maximum atomic E-state index is 12.3. The summed E-state index contributed by atoms with van der Waals surface area (Å²) in [7, 11) is 0. The number of amides is 2. The van der Waals surface area contributed by atoms with Gasteiger partial charge in [0.1, 0.15) is 5.75 Å². The normalized spacial score (nSPS) is 12.3. The van der Waals surface area contributed by atoms with Gasteiger partial charge in [-0.3, -0.25) is 0 Å². The quantitative estimate of drug-likeness (QED) is 0.725. The molecule has 0 aromatic heterocycles. The predicted octanol–water partition coefficient (Wildman–Crippen LogP) is 2.82. The number of nitrogens with one attached hydrogen (secondary N) is 2. The Bertz CT molecular complexity index is 456. The number of para-hydroxylation sites is 2. The fraction of sp³-hybridized carbons (Fsp3) is 0.500. The van der Waals surface area contributed by atoms with E-state index in [4.69, 9.17) is 5.11 Å². The number of hydrogen-bond donors (Lipinski definition) is 3. The average molecular weight is 302 g/mol. The summed E-state index contributed by atoms with van der Waals surface area (Å²) < 4.78 is 28.9. The van der Waals surface area contributed by atoms with Crippen LogP contribution in [0.1, 0.15) is 20.3 Å². The number of carbonyl (C=O) groups is 1. The van der Waals surface area contributed by atoms with E-state index in [-0.39, 0.29) is 30.0 Å². The van der Waals surface area contributed by atoms with Crippen LogP contribution in [0.15, 0.2) is 24.3 Å². The molecule has 1 aromatic carbocycles. The summed E-state index contributed by atoms with van der Waals surface area (Å²) >= 11 is 0. The number of ether oxygens (including phenoxy) is 1. The number of halogens is 2. The van der Waals surface area contributed by atoms with Crippen molar-refractivity contribution in [3.05, 3.63) is 24.3 Å². The van der Waals surface area contributed by atoms with Crippen LogP contribution in [0.5, 0.6) is 5.75 Å². The molecule has 0 bridgehead atoms. The SMILES string of the molecule is CC(C)C(CCO)NC(=O)Nc1ccccc1OC(F)F. The number of rotatable bonds is 7. The molecule has 0 aliphatic carbocycles. The Hall–Kier alpha value is -1.89. The molecular weight excluding hydrogens is 282 g/mol. The van der Waals surface area contributed by atoms with Crippen LogP contribution in [0.4, 0.5) is 19.3 Å². The van der Waals surface area contributed by atoms with Crippen LogP contribution >= 0.6 is 0 Å². The Morgan fingerprint density at radius 3 is 2.57 bits per heavy atom. The minimum absolute atomic E-state index is 0.0474. The molecule has 0 fully saturated rings. The smallest absolute Gasteiger partial charge is 0.387 e. The number of hydrogen-bond acceptors (Lipinski definition) is 3. The molecule has 0 aliphatic rings. The zero-order valence-corrected chi connectivity index (χ0v) is 12.0. The monoisotopic (exact) mass is 302 g/mol. The van der Waals surface area contributed by atoms with Crippen LogP contribution in [-0.4, -0.2) is 30.4 Å². The van der Waals surface area contributed by atoms with Crippen molar-refractivity contribution >= 4 is 11.7 Å². The lowest BCUT2D eigenvalue weighted by Gasteiger charge is -2.22. The van der Waals surface area contributed by atoms with Crippen LogP contribution in [0.25, 0.3) is 0 Å². The highest BCUT2D eigenvalue weighted by Crippen LogP contribution is 2.25. The van der Waals surface area contributed by atoms with Crippen molar-refractivity contribution in [3.8, 4) is 5.75 Å². The summed E-state index contributed by atoms with van der Waals surface area (Å²) in [4.78, 5) is 11.9. The summed E-state index contributed by atoms with van der Waals surface area (Å²) in [6, 6.07) is 5.19. The van der Waals surface area contributed by atoms with Crippen molar-refractivity contribution in [2.24, 2.45) is 5.92 Å². The highest BCUT2D eigenvalue weighted by atomic mass is 19.3. The molecule has 0 radical (unpaired) electrons. The summed E-state index contributed by atoms with van der Waals surface area (Å²) in [6.45, 7) is 0.811. The minimum Gasteiger partial charge on any atom is -0.433 e. The summed E-state index contributed by atoms with van der Waals surface area (Å²) in [5.74, 6) is 0.0290. The highest BCUT2D eigenvalue weighted by molar-refractivity contribution is 5.91. The number of anilines is 1. The molecule has 1 atom stereocenters. The van der Waals surface area contributed by atoms with Crippen LogP contribution in [0.2, 0.25) is 0 Å². The number of benzene rings is 1. The molecule has 1 rings (SSSR count). The first-order valence-electron chi connectivity index (χ1n) is 6.66. The maximum absolute atomic E-state index is 12.3. The topological polar surface area (TPSA) is 70.6 Å². The molecule has 7 heteroatoms. The molecule has 0 heterocycles. The van der Waals surface area contributed by atoms with Gasteiger partial charge in [0.25, 0.3) is 0 Å². The Morgan fingerprint density at radius 2 is 2.00 bits per heavy atom. The number of alkyl halides is 2. The van der Waals surface area contributed by atoms with Gasteiger partial charge in [-0.05, 0) is 24.5 Å². The molecule has 0 spiro atoms. The van der Waals surface area contributed by atoms with Gasteiger partial charge in [0.15, 0.2) is 0 Å². The fourth-order valence-electron chi connectivity index (χ4n) is 1.81. The van der Waals surface area contributed by atoms with E-state index in [1.807, 2.05) is 13.8 Å². The van der Waals surface area contributed by atoms with Gasteiger partial charge in [-0.25, -0.2) is 4.79 Å². The minimum atomic E-state index is -2.96. The standard InChI is InChI=1S/C14H20F2N2O3/c1-9(2)10(7-8-19)17-14(20)18-11-5-3-4-6-12(11)21-13(15)16/h3-6,9-10,13,19H,7-8H2,1-2H3,(H2,17,18,20). The van der Waals surface area contributed by atoms with Gasteiger partial charge in [0, 0.05) is 12.6 Å². The van der Waals surface area contributed by atoms with Gasteiger partial charge >= 0.3 is 12.6 Å². The molecule has 118 valence electrons. The lowest BCUT2D eigenvalue weighted by atomic mass is 10.0. The second-order valence-corrected chi connectivity index (χ2v) is 4.84. The number of urea groups is 1. The van der Waals surface area contributed by atoms with Crippen molar-refractivity contribution < 1.29 is 23.4 Å². The highest BCUT2D eigenvalue weighted by Gasteiger charge is 2.17. The molecule has 3 N–H and O–H groups in total. The van der Waals surface area contributed by atoms with Gasteiger partial charge in [-0.15, -0.1) is 0 Å². The maximum Gasteiger partial charge on any atom is 0.387 e. The fourth-order valence-corrected chi connectivity index (χ4v) is 1.81. The number of aliphatic hydroxyl groups is 1. The van der Waals surface area contributed by atoms with E-state index in [2.05, 4.69) is 15.4 Å². The van der Waals surface area contributed by atoms with Gasteiger partial charge < -0.3 is 20.5 Å². The molecule has 0 saturated carbocycles. The van der Waals surface area contributed by atoms with E-state index in [9.17, 15) is 13.6 Å². The van der Waals surface area contributed by atoms with Crippen LogP contribution in [-0.2, 0) is 0 Å². The molecular formula is C14H20F2N2O3. The zero-order valence-electron chi connectivity index (χ0n) is 12.0. The molecule has 0 saturated heterocycles. The zero-order chi connectivity index (χ0) is 15.8. The summed E-state index contributed by atoms with van der Waals surface area (Å²) in [5.41, 5.74) is 0.154. The van der Waals surface area contributed by atoms with Gasteiger partial charge in [0.2, 0.25) is 0 Å². The van der Waals surface area contributed by atoms with E-state index >= 15 is 0 Å². The van der Waals surface area contributed by atoms with Crippen molar-refractivity contribution in [1.82, 2.24) is 5.32 Å². The Morgan fingerprint density at radius 1 is 1.33 bits per heavy atom. The Balaban J connectivity index is 2.70. The van der Waals surface area contributed by atoms with Crippen molar-refractivity contribution in [3.63, 3.8) is 0 Å². The van der Waals surface area contributed by atoms with Crippen molar-refractivity contribution in [1.29, 1.82) is 0 Å². The molecule has 2 amide bonds. The first-order chi connectivity index (χ1) is 9.93. The van der Waals surface area contributed by atoms with Crippen LogP contribution in [0, 0.1) is 5.92 Å². The summed E-state index contributed by atoms with van der Waals surface area (Å²) in [5, 5.41) is 14.1. The van der Waals surface area contributed by atoms with E-state index in [0.717, 1.165) is 0 Å². The third kappa shape index (κ3) is 5.95. The Kier molecular flexibility index (Phi) is 6.87. The van der Waals surface area contributed by atoms with E-state index in [1.54, 1.807) is 6.07 Å². The van der Waals surface area contributed by atoms with E-state index in [0.29, 0.717) is 6.42 Å². The van der Waals surface area contributed by atoms with Crippen LogP contribution < -0.4 is 15.4 Å². The summed E-state index contributed by atoms with van der Waals surface area (Å²) in [6.07, 6.45) is 0.417. The third-order valence-electron chi connectivity index (χ3n) is 2.91. The molecule has 21 heavy (non-hydrogen) atoms. The second-order valence-electron chi connectivity index (χ2n) is 4.84. The van der Waals surface area contributed by atoms with E-state index in [1.165, 1.54) is 18.2 Å².